The summed E-state index contributed by atoms with van der Waals surface area (Å²) in [5.41, 5.74) is 6.92. The van der Waals surface area contributed by atoms with Crippen LogP contribution in [0.2, 0.25) is 0 Å². The Morgan fingerprint density at radius 1 is 1.31 bits per heavy atom. The fourth-order valence-electron chi connectivity index (χ4n) is 4.71. The number of ether oxygens (including phenoxy) is 2. The van der Waals surface area contributed by atoms with Crippen molar-refractivity contribution in [1.29, 1.82) is 0 Å². The number of carbonyl (C=O) groups is 1. The molecule has 0 bridgehead atoms. The molecule has 5 atom stereocenters. The van der Waals surface area contributed by atoms with Crippen LogP contribution in [0.5, 0.6) is 5.75 Å². The number of halogens is 1. The number of hydrogen-bond acceptors (Lipinski definition) is 11. The Morgan fingerprint density at radius 2 is 2.02 bits per heavy atom. The molecule has 0 radical (unpaired) electrons. The first-order valence-corrected chi connectivity index (χ1v) is 15.4. The van der Waals surface area contributed by atoms with E-state index in [9.17, 15) is 9.36 Å². The molecule has 15 heteroatoms. The van der Waals surface area contributed by atoms with E-state index >= 15 is 4.39 Å². The second kappa shape index (κ2) is 12.9. The monoisotopic (exact) mass is 607 g/mol. The van der Waals surface area contributed by atoms with Gasteiger partial charge in [-0.25, -0.2) is 13.9 Å². The Labute approximate surface area is 244 Å². The van der Waals surface area contributed by atoms with Crippen LogP contribution in [0.25, 0.3) is 11.2 Å². The Morgan fingerprint density at radius 3 is 2.69 bits per heavy atom. The van der Waals surface area contributed by atoms with Gasteiger partial charge in [-0.2, -0.15) is 15.1 Å². The van der Waals surface area contributed by atoms with E-state index in [-0.39, 0.29) is 30.1 Å². The average molecular weight is 608 g/mol. The van der Waals surface area contributed by atoms with Gasteiger partial charge in [0.25, 0.3) is 0 Å². The molecule has 3 N–H and O–H groups in total. The number of aromatic nitrogens is 4. The zero-order chi connectivity index (χ0) is 30.7. The summed E-state index contributed by atoms with van der Waals surface area (Å²) in [7, 11) is -2.41. The number of nitrogens with zero attached hydrogens (tertiary/aromatic N) is 5. The number of nitrogen functional groups attached to an aromatic ring is 1. The summed E-state index contributed by atoms with van der Waals surface area (Å²) in [6.07, 6.45) is 1.11. The lowest BCUT2D eigenvalue weighted by Crippen LogP contribution is -2.37. The molecule has 1 unspecified atom stereocenters. The number of carbonyl (C=O) groups excluding carboxylic acids is 1. The van der Waals surface area contributed by atoms with Crippen molar-refractivity contribution in [3.8, 4) is 5.75 Å². The second-order valence-corrected chi connectivity index (χ2v) is 12.4. The lowest BCUT2D eigenvalue weighted by atomic mass is 10.1. The highest BCUT2D eigenvalue weighted by atomic mass is 31.2. The molecule has 1 aromatic carbocycles. The molecule has 1 fully saturated rings. The zero-order valence-corrected chi connectivity index (χ0v) is 25.6. The van der Waals surface area contributed by atoms with Gasteiger partial charge in [0.05, 0.1) is 12.4 Å². The molecule has 42 heavy (non-hydrogen) atoms. The van der Waals surface area contributed by atoms with E-state index < -0.39 is 38.4 Å². The summed E-state index contributed by atoms with van der Waals surface area (Å²) >= 11 is 0. The van der Waals surface area contributed by atoms with Crippen LogP contribution in [0.4, 0.5) is 16.2 Å². The second-order valence-electron chi connectivity index (χ2n) is 10.7. The number of hydrogen-bond donors (Lipinski definition) is 2. The molecule has 230 valence electrons. The predicted molar refractivity (Wildman–Crippen MR) is 155 cm³/mol. The van der Waals surface area contributed by atoms with Gasteiger partial charge in [0.2, 0.25) is 11.8 Å². The van der Waals surface area contributed by atoms with Crippen molar-refractivity contribution in [2.75, 3.05) is 30.8 Å². The predicted octanol–water partition coefficient (Wildman–Crippen LogP) is 4.61. The van der Waals surface area contributed by atoms with Gasteiger partial charge in [0.15, 0.2) is 17.0 Å². The van der Waals surface area contributed by atoms with Crippen molar-refractivity contribution in [3.05, 3.63) is 36.7 Å². The molecule has 0 aliphatic carbocycles. The molecular formula is C27H39FN7O6P. The van der Waals surface area contributed by atoms with Gasteiger partial charge in [-0.3, -0.25) is 13.9 Å². The number of imidazole rings is 1. The van der Waals surface area contributed by atoms with Crippen LogP contribution < -0.4 is 20.2 Å². The third-order valence-corrected chi connectivity index (χ3v) is 8.16. The molecule has 4 rings (SSSR count). The highest BCUT2D eigenvalue weighted by molar-refractivity contribution is 7.52. The molecule has 3 aromatic rings. The minimum Gasteiger partial charge on any atom is -0.462 e. The summed E-state index contributed by atoms with van der Waals surface area (Å²) in [6.45, 7) is 8.68. The minimum atomic E-state index is -4.29. The van der Waals surface area contributed by atoms with E-state index in [2.05, 4.69) is 20.0 Å². The van der Waals surface area contributed by atoms with E-state index in [0.717, 1.165) is 13.0 Å². The average Bonchev–Trinajstić information content (AvgIpc) is 3.47. The first kappa shape index (κ1) is 31.6. The van der Waals surface area contributed by atoms with Crippen LogP contribution in [0.1, 0.15) is 53.7 Å². The fourth-order valence-corrected chi connectivity index (χ4v) is 6.24. The number of alkyl halides is 1. The molecule has 1 aliphatic rings. The van der Waals surface area contributed by atoms with Gasteiger partial charge >= 0.3 is 13.7 Å². The Bertz CT molecular complexity index is 1430. The van der Waals surface area contributed by atoms with Crippen LogP contribution >= 0.6 is 7.75 Å². The van der Waals surface area contributed by atoms with Crippen molar-refractivity contribution in [3.63, 3.8) is 0 Å². The molecule has 0 spiro atoms. The number of fused-ring (bicyclic) bond motifs is 1. The molecule has 13 nitrogen and oxygen atoms in total. The van der Waals surface area contributed by atoms with Gasteiger partial charge in [0.1, 0.15) is 24.6 Å². The zero-order valence-electron chi connectivity index (χ0n) is 24.7. The lowest BCUT2D eigenvalue weighted by molar-refractivity contribution is -0.173. The summed E-state index contributed by atoms with van der Waals surface area (Å²) in [5.74, 6) is -2.54. The first-order chi connectivity index (χ1) is 19.8. The molecule has 0 amide bonds. The van der Waals surface area contributed by atoms with Crippen LogP contribution in [0.3, 0.4) is 0 Å². The van der Waals surface area contributed by atoms with Crippen LogP contribution in [-0.2, 0) is 23.4 Å². The number of anilines is 2. The Balaban J connectivity index is 1.54. The van der Waals surface area contributed by atoms with Crippen LogP contribution in [-0.4, -0.2) is 63.7 Å². The molecule has 2 aromatic heterocycles. The van der Waals surface area contributed by atoms with E-state index in [1.165, 1.54) is 13.3 Å². The number of para-hydroxylation sites is 1. The van der Waals surface area contributed by atoms with Crippen LogP contribution in [0.15, 0.2) is 36.7 Å². The standard InChI is InChI=1S/C27H39FN7O6P/c1-7-13-34(6)22-21-23(32-26(29)31-22)35(16-30-21)24-18(4)14-27(28,40-24)15-38-42(37,41-20-11-9-8-10-12-20)33-19(5)25(36)39-17(2)3/h8-12,16-19,24H,7,13-15H2,1-6H3,(H,33,37)(H2,29,31,32)/t18-,19-,24+,27-,42?/m0/s1. The van der Waals surface area contributed by atoms with Gasteiger partial charge in [-0.1, -0.05) is 32.0 Å². The maximum Gasteiger partial charge on any atom is 0.459 e. The van der Waals surface area contributed by atoms with E-state index in [1.54, 1.807) is 48.7 Å². The topological polar surface area (TPSA) is 156 Å². The van der Waals surface area contributed by atoms with Gasteiger partial charge in [-0.15, -0.1) is 0 Å². The van der Waals surface area contributed by atoms with E-state index in [4.69, 9.17) is 24.3 Å². The molecule has 1 aliphatic heterocycles. The SMILES string of the molecule is CCCN(C)c1nc(N)nc2c1ncn2[C@@H]1O[C@](F)(COP(=O)(N[C@@H](C)C(=O)OC(C)C)Oc2ccccc2)C[C@@H]1C. The fraction of sp³-hybridized carbons (Fsp3) is 0.556. The van der Waals surface area contributed by atoms with Crippen molar-refractivity contribution < 1.29 is 32.3 Å². The Kier molecular flexibility index (Phi) is 9.71. The first-order valence-electron chi connectivity index (χ1n) is 13.9. The number of benzene rings is 1. The molecule has 0 saturated carbocycles. The summed E-state index contributed by atoms with van der Waals surface area (Å²) in [6, 6.07) is 7.16. The largest absolute Gasteiger partial charge is 0.462 e. The normalized spacial score (nSPS) is 22.7. The number of esters is 1. The molecule has 1 saturated heterocycles. The smallest absolute Gasteiger partial charge is 0.459 e. The third kappa shape index (κ3) is 7.35. The van der Waals surface area contributed by atoms with E-state index in [1.807, 2.05) is 25.8 Å². The van der Waals surface area contributed by atoms with Gasteiger partial charge in [-0.05, 0) is 39.3 Å². The summed E-state index contributed by atoms with van der Waals surface area (Å²) < 4.78 is 53.9. The summed E-state index contributed by atoms with van der Waals surface area (Å²) in [5, 5.41) is 2.56. The lowest BCUT2D eigenvalue weighted by Gasteiger charge is -2.26. The van der Waals surface area contributed by atoms with Crippen molar-refractivity contribution in [1.82, 2.24) is 24.6 Å². The van der Waals surface area contributed by atoms with Gasteiger partial charge < -0.3 is 24.6 Å². The van der Waals surface area contributed by atoms with Gasteiger partial charge in [0, 0.05) is 25.9 Å². The maximum absolute atomic E-state index is 16.2. The van der Waals surface area contributed by atoms with Crippen molar-refractivity contribution in [2.45, 2.75) is 71.7 Å². The van der Waals surface area contributed by atoms with E-state index in [0.29, 0.717) is 17.0 Å². The minimum absolute atomic E-state index is 0.0536. The highest BCUT2D eigenvalue weighted by Gasteiger charge is 2.49. The number of nitrogens with one attached hydrogen (secondary N) is 1. The third-order valence-electron chi connectivity index (χ3n) is 6.54. The highest BCUT2D eigenvalue weighted by Crippen LogP contribution is 2.49. The molecule has 3 heterocycles. The maximum atomic E-state index is 16.2. The van der Waals surface area contributed by atoms with Crippen LogP contribution in [0, 0.1) is 5.92 Å². The Hall–Kier alpha value is -3.32. The van der Waals surface area contributed by atoms with Crippen molar-refractivity contribution in [2.24, 2.45) is 5.92 Å². The summed E-state index contributed by atoms with van der Waals surface area (Å²) in [4.78, 5) is 27.5. The number of rotatable bonds is 13. The van der Waals surface area contributed by atoms with Crippen molar-refractivity contribution >= 4 is 36.6 Å². The number of nitrogens with two attached hydrogens (primary N) is 1. The quantitative estimate of drug-likeness (QED) is 0.206. The molecular weight excluding hydrogens is 568 g/mol.